The normalized spacial score (nSPS) is 14.8. The van der Waals surface area contributed by atoms with Gasteiger partial charge in [-0.3, -0.25) is 14.1 Å². The summed E-state index contributed by atoms with van der Waals surface area (Å²) in [6, 6.07) is 21.6. The van der Waals surface area contributed by atoms with E-state index >= 15 is 0 Å². The van der Waals surface area contributed by atoms with Gasteiger partial charge in [0, 0.05) is 55.6 Å². The minimum atomic E-state index is 0.00197. The van der Waals surface area contributed by atoms with Crippen molar-refractivity contribution in [1.29, 1.82) is 0 Å². The standard InChI is InChI=1S/C27H24Cl2N4O/c28-22-8-6-20(7-9-22)18-31-14-16-32(17-15-31)26(34)13-11-24-27(21-4-2-1-3-5-21)30-25-12-10-23(29)19-33(24)25/h1-13,19H,14-18H2/b13-11+. The fraction of sp³-hybridized carbons (Fsp3) is 0.185. The SMILES string of the molecule is O=C(/C=C/c1c(-c2ccccc2)nc2ccc(Cl)cn12)N1CCN(Cc2ccc(Cl)cc2)CC1. The lowest BCUT2D eigenvalue weighted by Crippen LogP contribution is -2.47. The number of carbonyl (C=O) groups excluding carboxylic acids is 1. The number of hydrogen-bond acceptors (Lipinski definition) is 3. The first kappa shape index (κ1) is 22.7. The number of benzene rings is 2. The fourth-order valence-electron chi connectivity index (χ4n) is 4.23. The molecule has 0 spiro atoms. The Hall–Kier alpha value is -3.12. The van der Waals surface area contributed by atoms with E-state index in [1.165, 1.54) is 5.56 Å². The van der Waals surface area contributed by atoms with E-state index in [1.807, 2.05) is 76.2 Å². The number of imidazole rings is 1. The molecule has 0 radical (unpaired) electrons. The number of amides is 1. The summed E-state index contributed by atoms with van der Waals surface area (Å²) in [5.74, 6) is 0.00197. The molecule has 1 aliphatic heterocycles. The molecule has 4 aromatic rings. The van der Waals surface area contributed by atoms with Crippen LogP contribution < -0.4 is 0 Å². The first-order chi connectivity index (χ1) is 16.6. The monoisotopic (exact) mass is 490 g/mol. The van der Waals surface area contributed by atoms with Gasteiger partial charge >= 0.3 is 0 Å². The first-order valence-corrected chi connectivity index (χ1v) is 12.0. The quantitative estimate of drug-likeness (QED) is 0.338. The molecule has 34 heavy (non-hydrogen) atoms. The van der Waals surface area contributed by atoms with E-state index in [9.17, 15) is 4.79 Å². The van der Waals surface area contributed by atoms with Gasteiger partial charge in [-0.25, -0.2) is 4.98 Å². The van der Waals surface area contributed by atoms with Crippen molar-refractivity contribution < 1.29 is 4.79 Å². The highest BCUT2D eigenvalue weighted by Gasteiger charge is 2.20. The van der Waals surface area contributed by atoms with Gasteiger partial charge in [0.25, 0.3) is 0 Å². The Labute approximate surface area is 208 Å². The average molecular weight is 491 g/mol. The van der Waals surface area contributed by atoms with Crippen LogP contribution in [0.15, 0.2) is 79.0 Å². The van der Waals surface area contributed by atoms with Gasteiger partial charge in [0.1, 0.15) is 5.65 Å². The lowest BCUT2D eigenvalue weighted by Gasteiger charge is -2.34. The fourth-order valence-corrected chi connectivity index (χ4v) is 4.52. The summed E-state index contributed by atoms with van der Waals surface area (Å²) in [6.07, 6.45) is 5.32. The van der Waals surface area contributed by atoms with Crippen LogP contribution in [-0.2, 0) is 11.3 Å². The minimum Gasteiger partial charge on any atom is -0.337 e. The molecule has 0 aliphatic carbocycles. The Bertz CT molecular complexity index is 1320. The maximum atomic E-state index is 13.0. The van der Waals surface area contributed by atoms with E-state index in [0.717, 1.165) is 47.3 Å². The second-order valence-corrected chi connectivity index (χ2v) is 9.22. The highest BCUT2D eigenvalue weighted by molar-refractivity contribution is 6.30. The second-order valence-electron chi connectivity index (χ2n) is 8.35. The van der Waals surface area contributed by atoms with E-state index in [1.54, 1.807) is 6.08 Å². The molecule has 0 unspecified atom stereocenters. The molecule has 1 aliphatic rings. The van der Waals surface area contributed by atoms with Crippen molar-refractivity contribution in [1.82, 2.24) is 19.2 Å². The summed E-state index contributed by atoms with van der Waals surface area (Å²) in [4.78, 5) is 22.0. The van der Waals surface area contributed by atoms with Crippen molar-refractivity contribution in [3.63, 3.8) is 0 Å². The lowest BCUT2D eigenvalue weighted by molar-refractivity contribution is -0.127. The number of rotatable bonds is 5. The molecule has 2 aromatic carbocycles. The van der Waals surface area contributed by atoms with Gasteiger partial charge < -0.3 is 4.90 Å². The molecule has 5 rings (SSSR count). The molecule has 7 heteroatoms. The number of fused-ring (bicyclic) bond motifs is 1. The van der Waals surface area contributed by atoms with E-state index in [0.29, 0.717) is 18.1 Å². The zero-order valence-corrected chi connectivity index (χ0v) is 20.1. The number of halogens is 2. The summed E-state index contributed by atoms with van der Waals surface area (Å²) in [5, 5.41) is 1.36. The van der Waals surface area contributed by atoms with Crippen molar-refractivity contribution in [2.24, 2.45) is 0 Å². The first-order valence-electron chi connectivity index (χ1n) is 11.2. The topological polar surface area (TPSA) is 40.9 Å². The van der Waals surface area contributed by atoms with Gasteiger partial charge in [-0.15, -0.1) is 0 Å². The van der Waals surface area contributed by atoms with Gasteiger partial charge in [0.2, 0.25) is 5.91 Å². The highest BCUT2D eigenvalue weighted by Crippen LogP contribution is 2.27. The smallest absolute Gasteiger partial charge is 0.246 e. The Kier molecular flexibility index (Phi) is 6.68. The summed E-state index contributed by atoms with van der Waals surface area (Å²) in [6.45, 7) is 3.92. The van der Waals surface area contributed by atoms with Crippen LogP contribution in [0.4, 0.5) is 0 Å². The van der Waals surface area contributed by atoms with Crippen LogP contribution in [0.2, 0.25) is 10.0 Å². The van der Waals surface area contributed by atoms with Crippen molar-refractivity contribution >= 4 is 40.8 Å². The Balaban J connectivity index is 1.30. The van der Waals surface area contributed by atoms with Crippen LogP contribution in [0, 0.1) is 0 Å². The molecule has 1 amide bonds. The third-order valence-corrected chi connectivity index (χ3v) is 6.53. The van der Waals surface area contributed by atoms with Crippen LogP contribution in [-0.4, -0.2) is 51.3 Å². The average Bonchev–Trinajstić information content (AvgIpc) is 3.22. The Morgan fingerprint density at radius 1 is 0.882 bits per heavy atom. The van der Waals surface area contributed by atoms with Crippen molar-refractivity contribution in [2.45, 2.75) is 6.54 Å². The molecule has 3 heterocycles. The summed E-state index contributed by atoms with van der Waals surface area (Å²) < 4.78 is 1.93. The van der Waals surface area contributed by atoms with Crippen molar-refractivity contribution in [3.8, 4) is 11.3 Å². The maximum absolute atomic E-state index is 13.0. The van der Waals surface area contributed by atoms with Crippen LogP contribution in [0.25, 0.3) is 23.0 Å². The maximum Gasteiger partial charge on any atom is 0.246 e. The predicted octanol–water partition coefficient (Wildman–Crippen LogP) is 5.67. The van der Waals surface area contributed by atoms with Crippen LogP contribution in [0.5, 0.6) is 0 Å². The molecule has 0 N–H and O–H groups in total. The Morgan fingerprint density at radius 3 is 2.32 bits per heavy atom. The summed E-state index contributed by atoms with van der Waals surface area (Å²) in [7, 11) is 0. The van der Waals surface area contributed by atoms with E-state index in [2.05, 4.69) is 17.0 Å². The lowest BCUT2D eigenvalue weighted by atomic mass is 10.1. The molecule has 2 aromatic heterocycles. The van der Waals surface area contributed by atoms with Crippen LogP contribution in [0.1, 0.15) is 11.3 Å². The van der Waals surface area contributed by atoms with Crippen LogP contribution >= 0.6 is 23.2 Å². The number of nitrogens with zero attached hydrogens (tertiary/aromatic N) is 4. The van der Waals surface area contributed by atoms with Crippen LogP contribution in [0.3, 0.4) is 0 Å². The van der Waals surface area contributed by atoms with Gasteiger partial charge in [-0.1, -0.05) is 65.7 Å². The third kappa shape index (κ3) is 5.02. The molecule has 1 saturated heterocycles. The van der Waals surface area contributed by atoms with E-state index in [-0.39, 0.29) is 5.91 Å². The zero-order valence-electron chi connectivity index (χ0n) is 18.6. The number of piperazine rings is 1. The Morgan fingerprint density at radius 2 is 1.59 bits per heavy atom. The number of hydrogen-bond donors (Lipinski definition) is 0. The molecule has 172 valence electrons. The van der Waals surface area contributed by atoms with Crippen molar-refractivity contribution in [3.05, 3.63) is 100 Å². The molecule has 0 atom stereocenters. The third-order valence-electron chi connectivity index (χ3n) is 6.05. The number of aromatic nitrogens is 2. The molecule has 0 bridgehead atoms. The van der Waals surface area contributed by atoms with Gasteiger partial charge in [0.15, 0.2) is 0 Å². The molecule has 1 fully saturated rings. The van der Waals surface area contributed by atoms with Gasteiger partial charge in [0.05, 0.1) is 16.4 Å². The van der Waals surface area contributed by atoms with E-state index < -0.39 is 0 Å². The minimum absolute atomic E-state index is 0.00197. The second kappa shape index (κ2) is 10.0. The van der Waals surface area contributed by atoms with Gasteiger partial charge in [-0.05, 0) is 35.9 Å². The predicted molar refractivity (Wildman–Crippen MR) is 138 cm³/mol. The number of carbonyl (C=O) groups is 1. The largest absolute Gasteiger partial charge is 0.337 e. The van der Waals surface area contributed by atoms with Crippen molar-refractivity contribution in [2.75, 3.05) is 26.2 Å². The zero-order chi connectivity index (χ0) is 23.5. The number of pyridine rings is 1. The van der Waals surface area contributed by atoms with E-state index in [4.69, 9.17) is 28.2 Å². The summed E-state index contributed by atoms with van der Waals surface area (Å²) >= 11 is 12.2. The molecule has 0 saturated carbocycles. The molecular weight excluding hydrogens is 467 g/mol. The molecular formula is C27H24Cl2N4O. The van der Waals surface area contributed by atoms with Gasteiger partial charge in [-0.2, -0.15) is 0 Å². The summed E-state index contributed by atoms with van der Waals surface area (Å²) in [5.41, 5.74) is 4.65. The molecule has 5 nitrogen and oxygen atoms in total. The highest BCUT2D eigenvalue weighted by atomic mass is 35.5.